The maximum absolute atomic E-state index is 12.1. The molecular weight excluding hydrogens is 363 g/mol. The lowest BCUT2D eigenvalue weighted by atomic mass is 10.2. The first-order valence-corrected chi connectivity index (χ1v) is 8.40. The molecule has 0 aliphatic carbocycles. The summed E-state index contributed by atoms with van der Waals surface area (Å²) in [7, 11) is 1.57. The van der Waals surface area contributed by atoms with Crippen molar-refractivity contribution in [3.8, 4) is 11.5 Å². The Kier molecular flexibility index (Phi) is 7.10. The first-order chi connectivity index (χ1) is 12.0. The zero-order chi connectivity index (χ0) is 18.2. The Balaban J connectivity index is 2.05. The van der Waals surface area contributed by atoms with Gasteiger partial charge >= 0.3 is 0 Å². The van der Waals surface area contributed by atoms with Gasteiger partial charge in [0.25, 0.3) is 5.91 Å². The molecule has 0 aliphatic heterocycles. The van der Waals surface area contributed by atoms with Crippen LogP contribution >= 0.6 is 23.2 Å². The molecule has 0 heterocycles. The highest BCUT2D eigenvalue weighted by Gasteiger charge is 2.10. The van der Waals surface area contributed by atoms with Gasteiger partial charge in [-0.25, -0.2) is 5.43 Å². The fourth-order valence-corrected chi connectivity index (χ4v) is 2.49. The molecule has 0 spiro atoms. The van der Waals surface area contributed by atoms with Gasteiger partial charge in [-0.1, -0.05) is 30.1 Å². The van der Waals surface area contributed by atoms with E-state index in [0.717, 1.165) is 12.0 Å². The fourth-order valence-electron chi connectivity index (χ4n) is 2.00. The molecule has 0 radical (unpaired) electrons. The van der Waals surface area contributed by atoms with Crippen LogP contribution in [-0.4, -0.2) is 25.8 Å². The van der Waals surface area contributed by atoms with Crippen LogP contribution in [0, 0.1) is 0 Å². The molecule has 2 rings (SSSR count). The molecule has 0 bridgehead atoms. The molecule has 5 nitrogen and oxygen atoms in total. The Morgan fingerprint density at radius 1 is 1.20 bits per heavy atom. The van der Waals surface area contributed by atoms with E-state index in [9.17, 15) is 4.79 Å². The van der Waals surface area contributed by atoms with Crippen LogP contribution in [0.5, 0.6) is 11.5 Å². The quantitative estimate of drug-likeness (QED) is 0.565. The summed E-state index contributed by atoms with van der Waals surface area (Å²) in [6.07, 6.45) is 2.42. The number of carbonyl (C=O) groups is 1. The summed E-state index contributed by atoms with van der Waals surface area (Å²) in [4.78, 5) is 12.1. The van der Waals surface area contributed by atoms with Crippen LogP contribution < -0.4 is 14.9 Å². The van der Waals surface area contributed by atoms with Gasteiger partial charge in [0.2, 0.25) is 0 Å². The van der Waals surface area contributed by atoms with Gasteiger partial charge in [0.05, 0.1) is 30.5 Å². The van der Waals surface area contributed by atoms with Crippen LogP contribution in [-0.2, 0) is 0 Å². The smallest absolute Gasteiger partial charge is 0.272 e. The summed E-state index contributed by atoms with van der Waals surface area (Å²) in [5, 5.41) is 4.66. The van der Waals surface area contributed by atoms with E-state index in [1.165, 1.54) is 12.3 Å². The SMILES string of the molecule is CCCOc1ccc(C=NNC(=O)c2ccc(Cl)cc2Cl)cc1OC. The van der Waals surface area contributed by atoms with Crippen molar-refractivity contribution in [2.45, 2.75) is 13.3 Å². The van der Waals surface area contributed by atoms with Crippen molar-refractivity contribution in [3.05, 3.63) is 57.6 Å². The molecule has 0 atom stereocenters. The summed E-state index contributed by atoms with van der Waals surface area (Å²) in [5.41, 5.74) is 3.47. The lowest BCUT2D eigenvalue weighted by molar-refractivity contribution is 0.0955. The van der Waals surface area contributed by atoms with Crippen molar-refractivity contribution in [1.82, 2.24) is 5.43 Å². The van der Waals surface area contributed by atoms with E-state index < -0.39 is 5.91 Å². The van der Waals surface area contributed by atoms with Crippen molar-refractivity contribution in [2.24, 2.45) is 5.10 Å². The first-order valence-electron chi connectivity index (χ1n) is 7.64. The van der Waals surface area contributed by atoms with Crippen molar-refractivity contribution < 1.29 is 14.3 Å². The Bertz CT molecular complexity index is 779. The number of hydrogen-bond acceptors (Lipinski definition) is 4. The number of ether oxygens (including phenoxy) is 2. The number of hydrogen-bond donors (Lipinski definition) is 1. The van der Waals surface area contributed by atoms with Gasteiger partial charge in [-0.2, -0.15) is 5.10 Å². The summed E-state index contributed by atoms with van der Waals surface area (Å²) < 4.78 is 10.9. The molecule has 132 valence electrons. The third-order valence-corrected chi connectivity index (χ3v) is 3.75. The van der Waals surface area contributed by atoms with Gasteiger partial charge in [0.15, 0.2) is 11.5 Å². The van der Waals surface area contributed by atoms with Gasteiger partial charge in [-0.05, 0) is 48.4 Å². The highest BCUT2D eigenvalue weighted by molar-refractivity contribution is 6.36. The molecule has 0 saturated carbocycles. The molecule has 1 N–H and O–H groups in total. The number of hydrazone groups is 1. The van der Waals surface area contributed by atoms with E-state index in [1.54, 1.807) is 31.4 Å². The van der Waals surface area contributed by atoms with Crippen LogP contribution in [0.25, 0.3) is 0 Å². The molecule has 0 aromatic heterocycles. The molecule has 0 aliphatic rings. The van der Waals surface area contributed by atoms with Gasteiger partial charge in [-0.3, -0.25) is 4.79 Å². The number of carbonyl (C=O) groups excluding carboxylic acids is 1. The standard InChI is InChI=1S/C18H18Cl2N2O3/c1-3-8-25-16-7-4-12(9-17(16)24-2)11-21-22-18(23)14-6-5-13(19)10-15(14)20/h4-7,9-11H,3,8H2,1-2H3,(H,22,23). The Morgan fingerprint density at radius 3 is 2.68 bits per heavy atom. The minimum atomic E-state index is -0.423. The highest BCUT2D eigenvalue weighted by atomic mass is 35.5. The fraction of sp³-hybridized carbons (Fsp3) is 0.222. The Morgan fingerprint density at radius 2 is 2.00 bits per heavy atom. The van der Waals surface area contributed by atoms with Crippen LogP contribution in [0.15, 0.2) is 41.5 Å². The van der Waals surface area contributed by atoms with Gasteiger partial charge in [0, 0.05) is 5.02 Å². The lowest BCUT2D eigenvalue weighted by Crippen LogP contribution is -2.18. The molecule has 1 amide bonds. The van der Waals surface area contributed by atoms with Crippen molar-refractivity contribution in [1.29, 1.82) is 0 Å². The summed E-state index contributed by atoms with van der Waals surface area (Å²) in [6, 6.07) is 10.0. The van der Waals surface area contributed by atoms with Crippen molar-refractivity contribution in [2.75, 3.05) is 13.7 Å². The average Bonchev–Trinajstić information content (AvgIpc) is 2.60. The Labute approximate surface area is 156 Å². The maximum atomic E-state index is 12.1. The number of rotatable bonds is 7. The van der Waals surface area contributed by atoms with Crippen LogP contribution in [0.4, 0.5) is 0 Å². The second-order valence-corrected chi connectivity index (χ2v) is 5.93. The van der Waals surface area contributed by atoms with Gasteiger partial charge < -0.3 is 9.47 Å². The summed E-state index contributed by atoms with van der Waals surface area (Å²) >= 11 is 11.8. The second kappa shape index (κ2) is 9.30. The monoisotopic (exact) mass is 380 g/mol. The predicted octanol–water partition coefficient (Wildman–Crippen LogP) is 4.55. The molecule has 0 saturated heterocycles. The van der Waals surface area contributed by atoms with Gasteiger partial charge in [0.1, 0.15) is 0 Å². The van der Waals surface area contributed by atoms with Crippen molar-refractivity contribution >= 4 is 35.3 Å². The minimum absolute atomic E-state index is 0.263. The predicted molar refractivity (Wildman–Crippen MR) is 100 cm³/mol. The van der Waals surface area contributed by atoms with E-state index in [-0.39, 0.29) is 5.02 Å². The van der Waals surface area contributed by atoms with Crippen LogP contribution in [0.1, 0.15) is 29.3 Å². The molecule has 2 aromatic carbocycles. The number of methoxy groups -OCH3 is 1. The normalized spacial score (nSPS) is 10.7. The summed E-state index contributed by atoms with van der Waals surface area (Å²) in [5.74, 6) is 0.843. The highest BCUT2D eigenvalue weighted by Crippen LogP contribution is 2.27. The molecule has 2 aromatic rings. The van der Waals surface area contributed by atoms with Gasteiger partial charge in [-0.15, -0.1) is 0 Å². The van der Waals surface area contributed by atoms with E-state index in [0.29, 0.717) is 28.7 Å². The minimum Gasteiger partial charge on any atom is -0.493 e. The third-order valence-electron chi connectivity index (χ3n) is 3.20. The molecule has 0 unspecified atom stereocenters. The molecule has 7 heteroatoms. The zero-order valence-corrected chi connectivity index (χ0v) is 15.4. The Hall–Kier alpha value is -2.24. The van der Waals surface area contributed by atoms with E-state index in [4.69, 9.17) is 32.7 Å². The zero-order valence-electron chi connectivity index (χ0n) is 13.9. The van der Waals surface area contributed by atoms with E-state index >= 15 is 0 Å². The first kappa shape index (κ1) is 19.1. The molecule has 0 fully saturated rings. The van der Waals surface area contributed by atoms with Crippen LogP contribution in [0.3, 0.4) is 0 Å². The van der Waals surface area contributed by atoms with Crippen molar-refractivity contribution in [3.63, 3.8) is 0 Å². The van der Waals surface area contributed by atoms with E-state index in [1.807, 2.05) is 13.0 Å². The maximum Gasteiger partial charge on any atom is 0.272 e. The number of halogens is 2. The molecular formula is C18H18Cl2N2O3. The van der Waals surface area contributed by atoms with E-state index in [2.05, 4.69) is 10.5 Å². The number of benzene rings is 2. The van der Waals surface area contributed by atoms with Crippen LogP contribution in [0.2, 0.25) is 10.0 Å². The average molecular weight is 381 g/mol. The summed E-state index contributed by atoms with van der Waals surface area (Å²) in [6.45, 7) is 2.64. The number of amides is 1. The topological polar surface area (TPSA) is 59.9 Å². The largest absolute Gasteiger partial charge is 0.493 e. The number of nitrogens with zero attached hydrogens (tertiary/aromatic N) is 1. The molecule has 25 heavy (non-hydrogen) atoms. The number of nitrogens with one attached hydrogen (secondary N) is 1. The third kappa shape index (κ3) is 5.37. The lowest BCUT2D eigenvalue weighted by Gasteiger charge is -2.10. The second-order valence-electron chi connectivity index (χ2n) is 5.08.